The van der Waals surface area contributed by atoms with Crippen molar-refractivity contribution in [2.45, 2.75) is 0 Å². The van der Waals surface area contributed by atoms with Gasteiger partial charge in [-0.2, -0.15) is 0 Å². The summed E-state index contributed by atoms with van der Waals surface area (Å²) >= 11 is 0. The van der Waals surface area contributed by atoms with E-state index in [1.54, 1.807) is 48.5 Å². The molecule has 3 aromatic carbocycles. The molecule has 0 saturated carbocycles. The number of hydrogen-bond acceptors (Lipinski definition) is 6. The van der Waals surface area contributed by atoms with Crippen LogP contribution in [0.3, 0.4) is 0 Å². The maximum atomic E-state index is 11.0. The summed E-state index contributed by atoms with van der Waals surface area (Å²) < 4.78 is 16.4. The van der Waals surface area contributed by atoms with Crippen molar-refractivity contribution in [2.24, 2.45) is 0 Å². The molecule has 154 valence electrons. The molecule has 0 spiro atoms. The Balaban J connectivity index is 2.12. The molecule has 3 N–H and O–H groups in total. The molecule has 0 aliphatic carbocycles. The maximum Gasteiger partial charge on any atom is 0.170 e. The molecule has 0 heterocycles. The zero-order valence-electron chi connectivity index (χ0n) is 16.7. The van der Waals surface area contributed by atoms with Crippen LogP contribution in [0.15, 0.2) is 66.9 Å². The van der Waals surface area contributed by atoms with Crippen molar-refractivity contribution in [1.29, 1.82) is 0 Å². The standard InChI is InChI=1S/C24H22O6/c1-4-5-12-30-20-11-8-16(13-19(20)26)22-21(28-2)14-18(24(29-3)23(22)27)15-6-9-17(25)10-7-15/h5-11,13-14,25-27H,1,12H2,2-3H3. The Kier molecular flexibility index (Phi) is 6.20. The van der Waals surface area contributed by atoms with Gasteiger partial charge < -0.3 is 29.5 Å². The van der Waals surface area contributed by atoms with Crippen LogP contribution in [-0.4, -0.2) is 36.1 Å². The number of methoxy groups -OCH3 is 2. The van der Waals surface area contributed by atoms with E-state index >= 15 is 0 Å². The normalized spacial score (nSPS) is 10.2. The largest absolute Gasteiger partial charge is 0.508 e. The lowest BCUT2D eigenvalue weighted by Gasteiger charge is -2.18. The first-order valence-electron chi connectivity index (χ1n) is 9.08. The monoisotopic (exact) mass is 406 g/mol. The Labute approximate surface area is 174 Å². The van der Waals surface area contributed by atoms with Gasteiger partial charge >= 0.3 is 0 Å². The molecule has 6 nitrogen and oxygen atoms in total. The van der Waals surface area contributed by atoms with Gasteiger partial charge in [-0.3, -0.25) is 0 Å². The molecule has 30 heavy (non-hydrogen) atoms. The predicted molar refractivity (Wildman–Crippen MR) is 115 cm³/mol. The molecular formula is C24H22O6. The van der Waals surface area contributed by atoms with Crippen molar-refractivity contribution < 1.29 is 29.5 Å². The van der Waals surface area contributed by atoms with Crippen LogP contribution in [0.25, 0.3) is 22.3 Å². The minimum Gasteiger partial charge on any atom is -0.508 e. The first-order valence-corrected chi connectivity index (χ1v) is 9.08. The van der Waals surface area contributed by atoms with Gasteiger partial charge in [-0.05, 0) is 47.5 Å². The molecule has 0 unspecified atom stereocenters. The summed E-state index contributed by atoms with van der Waals surface area (Å²) in [7, 11) is 2.95. The van der Waals surface area contributed by atoms with Gasteiger partial charge in [0, 0.05) is 5.56 Å². The van der Waals surface area contributed by atoms with Crippen LogP contribution >= 0.6 is 0 Å². The van der Waals surface area contributed by atoms with Gasteiger partial charge in [0.05, 0.1) is 19.8 Å². The van der Waals surface area contributed by atoms with Crippen LogP contribution in [-0.2, 0) is 0 Å². The molecule has 0 saturated heterocycles. The third-order valence-corrected chi connectivity index (χ3v) is 4.53. The highest BCUT2D eigenvalue weighted by molar-refractivity contribution is 5.88. The summed E-state index contributed by atoms with van der Waals surface area (Å²) in [6.07, 6.45) is 1.59. The first kappa shape index (κ1) is 20.7. The summed E-state index contributed by atoms with van der Waals surface area (Å²) in [5.41, 5.74) is 4.80. The van der Waals surface area contributed by atoms with E-state index in [4.69, 9.17) is 14.2 Å². The van der Waals surface area contributed by atoms with Crippen LogP contribution in [0.4, 0.5) is 0 Å². The molecule has 6 heteroatoms. The van der Waals surface area contributed by atoms with Crippen molar-refractivity contribution in [3.05, 3.63) is 66.9 Å². The molecule has 0 radical (unpaired) electrons. The van der Waals surface area contributed by atoms with Crippen LogP contribution in [0.2, 0.25) is 0 Å². The lowest BCUT2D eigenvalue weighted by molar-refractivity contribution is 0.336. The second-order valence-electron chi connectivity index (χ2n) is 6.33. The van der Waals surface area contributed by atoms with E-state index in [0.29, 0.717) is 22.4 Å². The summed E-state index contributed by atoms with van der Waals surface area (Å²) in [6, 6.07) is 13.0. The number of hydrogen-bond donors (Lipinski definition) is 3. The highest BCUT2D eigenvalue weighted by Crippen LogP contribution is 2.50. The van der Waals surface area contributed by atoms with Crippen LogP contribution in [0.1, 0.15) is 0 Å². The smallest absolute Gasteiger partial charge is 0.170 e. The summed E-state index contributed by atoms with van der Waals surface area (Å²) in [5, 5.41) is 30.9. The van der Waals surface area contributed by atoms with E-state index < -0.39 is 0 Å². The quantitative estimate of drug-likeness (QED) is 0.485. The molecule has 0 fully saturated rings. The number of phenols is 3. The third-order valence-electron chi connectivity index (χ3n) is 4.53. The Morgan fingerprint density at radius 3 is 2.20 bits per heavy atom. The molecule has 0 aliphatic rings. The fraction of sp³-hybridized carbons (Fsp3) is 0.125. The van der Waals surface area contributed by atoms with Crippen LogP contribution in [0, 0.1) is 0 Å². The summed E-state index contributed by atoms with van der Waals surface area (Å²) in [4.78, 5) is 0. The van der Waals surface area contributed by atoms with Crippen molar-refractivity contribution in [3.8, 4) is 56.8 Å². The summed E-state index contributed by atoms with van der Waals surface area (Å²) in [5.74, 6) is 0.824. The molecule has 3 rings (SSSR count). The molecule has 0 atom stereocenters. The van der Waals surface area contributed by atoms with Gasteiger partial charge in [-0.25, -0.2) is 0 Å². The summed E-state index contributed by atoms with van der Waals surface area (Å²) in [6.45, 7) is 3.68. The number of phenolic OH excluding ortho intramolecular Hbond substituents is 3. The van der Waals surface area contributed by atoms with Crippen molar-refractivity contribution in [2.75, 3.05) is 20.8 Å². The van der Waals surface area contributed by atoms with Gasteiger partial charge in [-0.1, -0.05) is 24.8 Å². The lowest BCUT2D eigenvalue weighted by Crippen LogP contribution is -1.96. The van der Waals surface area contributed by atoms with Gasteiger partial charge in [-0.15, -0.1) is 5.73 Å². The van der Waals surface area contributed by atoms with Gasteiger partial charge in [0.25, 0.3) is 0 Å². The Morgan fingerprint density at radius 2 is 1.60 bits per heavy atom. The van der Waals surface area contributed by atoms with E-state index in [2.05, 4.69) is 12.3 Å². The zero-order chi connectivity index (χ0) is 21.7. The molecule has 0 aromatic heterocycles. The van der Waals surface area contributed by atoms with E-state index in [1.807, 2.05) is 0 Å². The van der Waals surface area contributed by atoms with Crippen molar-refractivity contribution in [3.63, 3.8) is 0 Å². The first-order chi connectivity index (χ1) is 14.5. The van der Waals surface area contributed by atoms with E-state index in [0.717, 1.165) is 5.56 Å². The second kappa shape index (κ2) is 8.99. The van der Waals surface area contributed by atoms with Crippen LogP contribution in [0.5, 0.6) is 34.5 Å². The zero-order valence-corrected chi connectivity index (χ0v) is 16.7. The SMILES string of the molecule is C=C=CCOc1ccc(-c2c(OC)cc(-c3ccc(O)cc3)c(OC)c2O)cc1O. The Morgan fingerprint density at radius 1 is 0.900 bits per heavy atom. The fourth-order valence-electron chi connectivity index (χ4n) is 3.11. The third kappa shape index (κ3) is 4.04. The van der Waals surface area contributed by atoms with E-state index in [9.17, 15) is 15.3 Å². The number of ether oxygens (including phenoxy) is 3. The van der Waals surface area contributed by atoms with E-state index in [-0.39, 0.29) is 35.4 Å². The Hall–Kier alpha value is -4.02. The minimum absolute atomic E-state index is 0.0898. The highest BCUT2D eigenvalue weighted by Gasteiger charge is 2.22. The molecule has 0 aliphatic heterocycles. The Bertz CT molecular complexity index is 1100. The molecule has 0 bridgehead atoms. The average Bonchev–Trinajstić information content (AvgIpc) is 2.75. The molecule has 0 amide bonds. The van der Waals surface area contributed by atoms with E-state index in [1.165, 1.54) is 20.3 Å². The maximum absolute atomic E-state index is 11.0. The average molecular weight is 406 g/mol. The van der Waals surface area contributed by atoms with Crippen molar-refractivity contribution in [1.82, 2.24) is 0 Å². The fourth-order valence-corrected chi connectivity index (χ4v) is 3.11. The number of benzene rings is 3. The molecule has 3 aromatic rings. The highest BCUT2D eigenvalue weighted by atomic mass is 16.5. The van der Waals surface area contributed by atoms with Crippen molar-refractivity contribution >= 4 is 0 Å². The molecular weight excluding hydrogens is 384 g/mol. The predicted octanol–water partition coefficient (Wildman–Crippen LogP) is 4.87. The number of aromatic hydroxyl groups is 3. The van der Waals surface area contributed by atoms with Crippen LogP contribution < -0.4 is 14.2 Å². The van der Waals surface area contributed by atoms with Gasteiger partial charge in [0.15, 0.2) is 23.0 Å². The number of rotatable bonds is 7. The minimum atomic E-state index is -0.136. The topological polar surface area (TPSA) is 88.4 Å². The second-order valence-corrected chi connectivity index (χ2v) is 6.33. The van der Waals surface area contributed by atoms with Gasteiger partial charge in [0.2, 0.25) is 0 Å². The lowest BCUT2D eigenvalue weighted by atomic mass is 9.96. The van der Waals surface area contributed by atoms with Gasteiger partial charge in [0.1, 0.15) is 18.1 Å².